The SMILES string of the molecule is Cc1cnc2c(-c3ccc(F)cc3F)c(-c3ccc(S(N)(=O)=O)cc3)nn2c1C. The van der Waals surface area contributed by atoms with Gasteiger partial charge in [0.15, 0.2) is 5.65 Å². The molecule has 0 fully saturated rings. The highest BCUT2D eigenvalue weighted by molar-refractivity contribution is 7.89. The van der Waals surface area contributed by atoms with Crippen LogP contribution in [0.3, 0.4) is 0 Å². The third kappa shape index (κ3) is 3.28. The number of rotatable bonds is 3. The number of nitrogens with two attached hydrogens (primary N) is 1. The molecule has 2 heterocycles. The van der Waals surface area contributed by atoms with Crippen molar-refractivity contribution in [1.29, 1.82) is 0 Å². The van der Waals surface area contributed by atoms with Crippen molar-refractivity contribution in [2.24, 2.45) is 5.14 Å². The van der Waals surface area contributed by atoms with Crippen LogP contribution in [0.1, 0.15) is 11.3 Å². The van der Waals surface area contributed by atoms with E-state index in [1.807, 2.05) is 13.8 Å². The fourth-order valence-electron chi connectivity index (χ4n) is 3.13. The van der Waals surface area contributed by atoms with Crippen LogP contribution in [-0.4, -0.2) is 23.0 Å². The van der Waals surface area contributed by atoms with Crippen molar-refractivity contribution in [3.63, 3.8) is 0 Å². The Balaban J connectivity index is 2.04. The molecule has 0 bridgehead atoms. The molecule has 0 unspecified atom stereocenters. The molecule has 2 N–H and O–H groups in total. The van der Waals surface area contributed by atoms with Crippen LogP contribution >= 0.6 is 0 Å². The second-order valence-electron chi connectivity index (χ2n) is 6.68. The minimum Gasteiger partial charge on any atom is -0.236 e. The van der Waals surface area contributed by atoms with Gasteiger partial charge in [0.05, 0.1) is 10.5 Å². The summed E-state index contributed by atoms with van der Waals surface area (Å²) < 4.78 is 52.7. The van der Waals surface area contributed by atoms with Gasteiger partial charge in [0.1, 0.15) is 17.3 Å². The third-order valence-corrected chi connectivity index (χ3v) is 5.72. The average molecular weight is 414 g/mol. The first kappa shape index (κ1) is 19.2. The molecular weight excluding hydrogens is 398 g/mol. The van der Waals surface area contributed by atoms with Crippen LogP contribution in [0.15, 0.2) is 53.6 Å². The van der Waals surface area contributed by atoms with E-state index in [0.29, 0.717) is 22.5 Å². The van der Waals surface area contributed by atoms with E-state index in [1.165, 1.54) is 30.3 Å². The van der Waals surface area contributed by atoms with Gasteiger partial charge in [-0.1, -0.05) is 12.1 Å². The number of nitrogens with zero attached hydrogens (tertiary/aromatic N) is 3. The molecule has 2 aromatic heterocycles. The van der Waals surface area contributed by atoms with E-state index in [9.17, 15) is 17.2 Å². The van der Waals surface area contributed by atoms with Crippen LogP contribution in [0.25, 0.3) is 28.0 Å². The van der Waals surface area contributed by atoms with Crippen LogP contribution in [0.5, 0.6) is 0 Å². The van der Waals surface area contributed by atoms with Crippen LogP contribution in [0.4, 0.5) is 8.78 Å². The molecule has 4 aromatic rings. The van der Waals surface area contributed by atoms with Crippen molar-refractivity contribution in [3.05, 3.63) is 71.6 Å². The zero-order valence-electron chi connectivity index (χ0n) is 15.5. The monoisotopic (exact) mass is 414 g/mol. The second-order valence-corrected chi connectivity index (χ2v) is 8.24. The molecular formula is C20H16F2N4O2S. The van der Waals surface area contributed by atoms with E-state index in [4.69, 9.17) is 5.14 Å². The standard InChI is InChI=1S/C20H16F2N4O2S/c1-11-10-24-20-18(16-8-5-14(21)9-17(16)22)19(25-26(20)12(11)2)13-3-6-15(7-4-13)29(23,27)28/h3-10H,1-2H3,(H2,23,27,28). The van der Waals surface area contributed by atoms with Crippen molar-refractivity contribution in [2.45, 2.75) is 18.7 Å². The fourth-order valence-corrected chi connectivity index (χ4v) is 3.64. The Labute approximate surface area is 165 Å². The predicted molar refractivity (Wildman–Crippen MR) is 105 cm³/mol. The summed E-state index contributed by atoms with van der Waals surface area (Å²) in [4.78, 5) is 4.36. The molecule has 0 saturated carbocycles. The topological polar surface area (TPSA) is 90.3 Å². The molecule has 0 saturated heterocycles. The number of aryl methyl sites for hydroxylation is 2. The zero-order chi connectivity index (χ0) is 20.9. The quantitative estimate of drug-likeness (QED) is 0.555. The molecule has 0 amide bonds. The normalized spacial score (nSPS) is 11.9. The van der Waals surface area contributed by atoms with E-state index in [-0.39, 0.29) is 10.5 Å². The Morgan fingerprint density at radius 2 is 1.72 bits per heavy atom. The molecule has 0 aliphatic carbocycles. The summed E-state index contributed by atoms with van der Waals surface area (Å²) in [7, 11) is -3.85. The summed E-state index contributed by atoms with van der Waals surface area (Å²) >= 11 is 0. The second kappa shape index (κ2) is 6.71. The number of primary sulfonamides is 1. The smallest absolute Gasteiger partial charge is 0.236 e. The van der Waals surface area contributed by atoms with Crippen LogP contribution < -0.4 is 5.14 Å². The Morgan fingerprint density at radius 1 is 1.03 bits per heavy atom. The Kier molecular flexibility index (Phi) is 4.44. The molecule has 2 aromatic carbocycles. The van der Waals surface area contributed by atoms with Crippen LogP contribution in [0.2, 0.25) is 0 Å². The maximum absolute atomic E-state index is 14.6. The summed E-state index contributed by atoms with van der Waals surface area (Å²) in [6, 6.07) is 9.07. The highest BCUT2D eigenvalue weighted by Crippen LogP contribution is 2.36. The maximum atomic E-state index is 14.6. The molecule has 148 valence electrons. The van der Waals surface area contributed by atoms with Gasteiger partial charge in [0, 0.05) is 29.1 Å². The highest BCUT2D eigenvalue weighted by Gasteiger charge is 2.22. The number of sulfonamides is 1. The van der Waals surface area contributed by atoms with E-state index in [0.717, 1.165) is 23.4 Å². The maximum Gasteiger partial charge on any atom is 0.238 e. The summed E-state index contributed by atoms with van der Waals surface area (Å²) in [6.45, 7) is 3.73. The lowest BCUT2D eigenvalue weighted by molar-refractivity contribution is 0.585. The number of fused-ring (bicyclic) bond motifs is 1. The molecule has 6 nitrogen and oxygen atoms in total. The number of hydrogen-bond donors (Lipinski definition) is 1. The van der Waals surface area contributed by atoms with Crippen molar-refractivity contribution < 1.29 is 17.2 Å². The predicted octanol–water partition coefficient (Wildman–Crippen LogP) is 3.61. The average Bonchev–Trinajstić information content (AvgIpc) is 3.04. The van der Waals surface area contributed by atoms with Crippen molar-refractivity contribution in [2.75, 3.05) is 0 Å². The molecule has 0 aliphatic heterocycles. The van der Waals surface area contributed by atoms with Gasteiger partial charge in [0.2, 0.25) is 10.0 Å². The number of aromatic nitrogens is 3. The van der Waals surface area contributed by atoms with Gasteiger partial charge in [-0.25, -0.2) is 31.8 Å². The third-order valence-electron chi connectivity index (χ3n) is 4.79. The van der Waals surface area contributed by atoms with E-state index in [2.05, 4.69) is 10.1 Å². The van der Waals surface area contributed by atoms with Crippen molar-refractivity contribution in [3.8, 4) is 22.4 Å². The number of halogens is 2. The number of hydrogen-bond acceptors (Lipinski definition) is 4. The van der Waals surface area contributed by atoms with Crippen LogP contribution in [0, 0.1) is 25.5 Å². The Morgan fingerprint density at radius 3 is 2.34 bits per heavy atom. The van der Waals surface area contributed by atoms with Gasteiger partial charge in [-0.2, -0.15) is 5.10 Å². The molecule has 0 atom stereocenters. The van der Waals surface area contributed by atoms with E-state index >= 15 is 0 Å². The summed E-state index contributed by atoms with van der Waals surface area (Å²) in [5, 5.41) is 9.74. The van der Waals surface area contributed by atoms with Crippen molar-refractivity contribution in [1.82, 2.24) is 14.6 Å². The Hall–Kier alpha value is -3.17. The van der Waals surface area contributed by atoms with Gasteiger partial charge in [-0.15, -0.1) is 0 Å². The molecule has 0 aliphatic rings. The highest BCUT2D eigenvalue weighted by atomic mass is 32.2. The lowest BCUT2D eigenvalue weighted by Crippen LogP contribution is -2.11. The lowest BCUT2D eigenvalue weighted by Gasteiger charge is -2.06. The van der Waals surface area contributed by atoms with E-state index < -0.39 is 21.7 Å². The summed E-state index contributed by atoms with van der Waals surface area (Å²) in [5.41, 5.74) is 3.56. The van der Waals surface area contributed by atoms with Crippen molar-refractivity contribution >= 4 is 15.7 Å². The summed E-state index contributed by atoms with van der Waals surface area (Å²) in [6.07, 6.45) is 1.66. The molecule has 9 heteroatoms. The van der Waals surface area contributed by atoms with E-state index in [1.54, 1.807) is 10.7 Å². The van der Waals surface area contributed by atoms with Gasteiger partial charge in [-0.3, -0.25) is 0 Å². The minimum absolute atomic E-state index is 0.0512. The van der Waals surface area contributed by atoms with Gasteiger partial charge in [0.25, 0.3) is 0 Å². The van der Waals surface area contributed by atoms with Gasteiger partial charge in [-0.05, 0) is 43.7 Å². The van der Waals surface area contributed by atoms with Gasteiger partial charge >= 0.3 is 0 Å². The molecule has 0 spiro atoms. The largest absolute Gasteiger partial charge is 0.238 e. The zero-order valence-corrected chi connectivity index (χ0v) is 16.3. The van der Waals surface area contributed by atoms with Gasteiger partial charge < -0.3 is 0 Å². The first-order chi connectivity index (χ1) is 13.7. The minimum atomic E-state index is -3.85. The number of benzene rings is 2. The molecule has 4 rings (SSSR count). The first-order valence-electron chi connectivity index (χ1n) is 8.60. The lowest BCUT2D eigenvalue weighted by atomic mass is 10.0. The molecule has 0 radical (unpaired) electrons. The summed E-state index contributed by atoms with van der Waals surface area (Å²) in [5.74, 6) is -1.44. The first-order valence-corrected chi connectivity index (χ1v) is 10.1. The fraction of sp³-hybridized carbons (Fsp3) is 0.100. The Bertz CT molecular complexity index is 1360. The van der Waals surface area contributed by atoms with Crippen LogP contribution in [-0.2, 0) is 10.0 Å². The molecule has 29 heavy (non-hydrogen) atoms.